The Bertz CT molecular complexity index is 1270. The fraction of sp³-hybridized carbons (Fsp3) is 0.375. The van der Waals surface area contributed by atoms with Crippen molar-refractivity contribution in [2.75, 3.05) is 26.2 Å². The van der Waals surface area contributed by atoms with Gasteiger partial charge in [-0.3, -0.25) is 24.0 Å². The third kappa shape index (κ3) is 4.23. The molecule has 1 aromatic heterocycles. The van der Waals surface area contributed by atoms with Crippen LogP contribution in [0.3, 0.4) is 0 Å². The Labute approximate surface area is 185 Å². The van der Waals surface area contributed by atoms with Crippen LogP contribution in [0.25, 0.3) is 10.9 Å². The number of carbonyl (C=O) groups excluding carboxylic acids is 1. The van der Waals surface area contributed by atoms with Crippen molar-refractivity contribution in [3.05, 3.63) is 80.2 Å². The van der Waals surface area contributed by atoms with E-state index in [2.05, 4.69) is 23.7 Å². The van der Waals surface area contributed by atoms with Crippen molar-refractivity contribution in [1.82, 2.24) is 19.4 Å². The van der Waals surface area contributed by atoms with Gasteiger partial charge in [-0.1, -0.05) is 25.1 Å². The summed E-state index contributed by atoms with van der Waals surface area (Å²) in [4.78, 5) is 44.0. The lowest BCUT2D eigenvalue weighted by Crippen LogP contribution is -2.53. The van der Waals surface area contributed by atoms with Crippen LogP contribution in [0.5, 0.6) is 0 Å². The Hall–Kier alpha value is -3.26. The highest BCUT2D eigenvalue weighted by atomic mass is 19.1. The maximum atomic E-state index is 14.6. The van der Waals surface area contributed by atoms with Crippen molar-refractivity contribution in [3.8, 4) is 0 Å². The van der Waals surface area contributed by atoms with E-state index in [1.54, 1.807) is 35.2 Å². The first-order chi connectivity index (χ1) is 15.4. The number of halogens is 1. The molecule has 1 atom stereocenters. The van der Waals surface area contributed by atoms with Crippen LogP contribution < -0.4 is 11.2 Å². The van der Waals surface area contributed by atoms with Gasteiger partial charge in [0.15, 0.2) is 0 Å². The Balaban J connectivity index is 1.62. The smallest absolute Gasteiger partial charge is 0.329 e. The molecular formula is C24H27FN4O3. The van der Waals surface area contributed by atoms with Crippen molar-refractivity contribution in [1.29, 1.82) is 0 Å². The molecule has 32 heavy (non-hydrogen) atoms. The molecule has 1 saturated heterocycles. The van der Waals surface area contributed by atoms with E-state index in [0.29, 0.717) is 29.6 Å². The zero-order chi connectivity index (χ0) is 22.8. The van der Waals surface area contributed by atoms with E-state index in [1.807, 2.05) is 0 Å². The van der Waals surface area contributed by atoms with Gasteiger partial charge in [0, 0.05) is 25.7 Å². The number of H-pyrrole nitrogens is 1. The number of aromatic amines is 1. The second-order valence-corrected chi connectivity index (χ2v) is 8.31. The summed E-state index contributed by atoms with van der Waals surface area (Å²) in [5, 5.41) is 0.393. The number of aromatic nitrogens is 2. The molecule has 1 aliphatic heterocycles. The fourth-order valence-electron chi connectivity index (χ4n) is 4.39. The number of hydrogen-bond acceptors (Lipinski definition) is 4. The average Bonchev–Trinajstić information content (AvgIpc) is 2.78. The van der Waals surface area contributed by atoms with Crippen molar-refractivity contribution in [3.63, 3.8) is 0 Å². The quantitative estimate of drug-likeness (QED) is 0.664. The number of nitrogens with zero attached hydrogens (tertiary/aromatic N) is 3. The molecule has 1 aliphatic rings. The zero-order valence-corrected chi connectivity index (χ0v) is 18.3. The monoisotopic (exact) mass is 438 g/mol. The molecule has 4 rings (SSSR count). The summed E-state index contributed by atoms with van der Waals surface area (Å²) in [7, 11) is 0. The fourth-order valence-corrected chi connectivity index (χ4v) is 4.39. The lowest BCUT2D eigenvalue weighted by Gasteiger charge is -2.39. The third-order valence-corrected chi connectivity index (χ3v) is 6.07. The molecule has 168 valence electrons. The molecule has 1 N–H and O–H groups in total. The molecule has 8 heteroatoms. The summed E-state index contributed by atoms with van der Waals surface area (Å²) in [6.07, 6.45) is 1.05. The van der Waals surface area contributed by atoms with Crippen molar-refractivity contribution >= 4 is 16.8 Å². The highest BCUT2D eigenvalue weighted by Gasteiger charge is 2.28. The van der Waals surface area contributed by atoms with E-state index >= 15 is 0 Å². The molecule has 0 aliphatic carbocycles. The summed E-state index contributed by atoms with van der Waals surface area (Å²) in [5.41, 5.74) is 0.0893. The van der Waals surface area contributed by atoms with Crippen LogP contribution in [0.2, 0.25) is 0 Å². The van der Waals surface area contributed by atoms with Crippen LogP contribution in [0, 0.1) is 5.82 Å². The minimum atomic E-state index is -0.582. The number of rotatable bonds is 5. The lowest BCUT2D eigenvalue weighted by molar-refractivity contribution is 0.0511. The molecule has 2 heterocycles. The number of hydrogen-bond donors (Lipinski definition) is 1. The topological polar surface area (TPSA) is 78.4 Å². The van der Waals surface area contributed by atoms with E-state index in [-0.39, 0.29) is 24.1 Å². The number of piperazine rings is 1. The SMILES string of the molecule is CCCN1CCN(C(=O)c2cc(Cn3c(=O)[nH]c(=O)c4ccccc43)ccc2F)CC1C. The molecule has 0 saturated carbocycles. The van der Waals surface area contributed by atoms with Gasteiger partial charge in [-0.25, -0.2) is 9.18 Å². The highest BCUT2D eigenvalue weighted by molar-refractivity contribution is 5.94. The van der Waals surface area contributed by atoms with Gasteiger partial charge in [0.2, 0.25) is 0 Å². The second-order valence-electron chi connectivity index (χ2n) is 8.31. The van der Waals surface area contributed by atoms with E-state index in [4.69, 9.17) is 0 Å². The Morgan fingerprint density at radius 1 is 1.16 bits per heavy atom. The van der Waals surface area contributed by atoms with Gasteiger partial charge in [0.25, 0.3) is 11.5 Å². The summed E-state index contributed by atoms with van der Waals surface area (Å²) in [6, 6.07) is 11.3. The van der Waals surface area contributed by atoms with Crippen molar-refractivity contribution < 1.29 is 9.18 Å². The molecule has 0 radical (unpaired) electrons. The normalized spacial score (nSPS) is 17.1. The highest BCUT2D eigenvalue weighted by Crippen LogP contribution is 2.18. The predicted molar refractivity (Wildman–Crippen MR) is 122 cm³/mol. The van der Waals surface area contributed by atoms with Gasteiger partial charge in [-0.2, -0.15) is 0 Å². The Morgan fingerprint density at radius 3 is 2.69 bits per heavy atom. The minimum absolute atomic E-state index is 0.000390. The molecule has 1 unspecified atom stereocenters. The van der Waals surface area contributed by atoms with Crippen LogP contribution in [0.15, 0.2) is 52.1 Å². The van der Waals surface area contributed by atoms with Gasteiger partial charge >= 0.3 is 5.69 Å². The maximum absolute atomic E-state index is 14.6. The number of amides is 1. The van der Waals surface area contributed by atoms with Crippen molar-refractivity contribution in [2.45, 2.75) is 32.9 Å². The largest absolute Gasteiger partial charge is 0.336 e. The lowest BCUT2D eigenvalue weighted by atomic mass is 10.1. The number of fused-ring (bicyclic) bond motifs is 1. The Morgan fingerprint density at radius 2 is 1.94 bits per heavy atom. The van der Waals surface area contributed by atoms with Crippen LogP contribution in [0.4, 0.5) is 4.39 Å². The standard InChI is InChI=1S/C24H27FN4O3/c1-3-10-27-11-12-28(14-16(27)2)23(31)19-13-17(8-9-20(19)25)15-29-21-7-5-4-6-18(21)22(30)26-24(29)32/h4-9,13,16H,3,10-12,14-15H2,1-2H3,(H,26,30,32). The molecular weight excluding hydrogens is 411 g/mol. The molecule has 7 nitrogen and oxygen atoms in total. The first-order valence-electron chi connectivity index (χ1n) is 10.9. The molecule has 3 aromatic rings. The second kappa shape index (κ2) is 9.08. The first-order valence-corrected chi connectivity index (χ1v) is 10.9. The minimum Gasteiger partial charge on any atom is -0.336 e. The Kier molecular flexibility index (Phi) is 6.23. The third-order valence-electron chi connectivity index (χ3n) is 6.07. The maximum Gasteiger partial charge on any atom is 0.329 e. The van der Waals surface area contributed by atoms with E-state index in [1.165, 1.54) is 16.7 Å². The van der Waals surface area contributed by atoms with Gasteiger partial charge in [-0.15, -0.1) is 0 Å². The molecule has 1 amide bonds. The summed E-state index contributed by atoms with van der Waals surface area (Å²) in [5.74, 6) is -0.924. The first kappa shape index (κ1) is 22.0. The molecule has 1 fully saturated rings. The van der Waals surface area contributed by atoms with Crippen molar-refractivity contribution in [2.24, 2.45) is 0 Å². The van der Waals surface area contributed by atoms with Gasteiger partial charge in [0.05, 0.1) is 23.0 Å². The summed E-state index contributed by atoms with van der Waals surface area (Å²) < 4.78 is 16.0. The number of benzene rings is 2. The van der Waals surface area contributed by atoms with Gasteiger partial charge in [-0.05, 0) is 49.7 Å². The number of nitrogens with one attached hydrogen (secondary N) is 1. The zero-order valence-electron chi connectivity index (χ0n) is 18.3. The predicted octanol–water partition coefficient (Wildman–Crippen LogP) is 2.43. The van der Waals surface area contributed by atoms with Crippen LogP contribution >= 0.6 is 0 Å². The van der Waals surface area contributed by atoms with E-state index in [9.17, 15) is 18.8 Å². The molecule has 2 aromatic carbocycles. The number of carbonyl (C=O) groups is 1. The summed E-state index contributed by atoms with van der Waals surface area (Å²) >= 11 is 0. The molecule has 0 spiro atoms. The van der Waals surface area contributed by atoms with Gasteiger partial charge in [0.1, 0.15) is 5.82 Å². The van der Waals surface area contributed by atoms with Crippen LogP contribution in [-0.4, -0.2) is 57.5 Å². The van der Waals surface area contributed by atoms with Crippen LogP contribution in [-0.2, 0) is 6.54 Å². The van der Waals surface area contributed by atoms with Gasteiger partial charge < -0.3 is 4.90 Å². The average molecular weight is 439 g/mol. The van der Waals surface area contributed by atoms with Crippen LogP contribution in [0.1, 0.15) is 36.2 Å². The van der Waals surface area contributed by atoms with E-state index in [0.717, 1.165) is 19.5 Å². The molecule has 0 bridgehead atoms. The number of para-hydroxylation sites is 1. The summed E-state index contributed by atoms with van der Waals surface area (Å²) in [6.45, 7) is 7.16. The van der Waals surface area contributed by atoms with E-state index < -0.39 is 17.1 Å².